The summed E-state index contributed by atoms with van der Waals surface area (Å²) in [5.41, 5.74) is 0. The number of aliphatic imine (C=N–C) groups is 1. The summed E-state index contributed by atoms with van der Waals surface area (Å²) < 4.78 is 5.17. The number of guanidine groups is 1. The summed E-state index contributed by atoms with van der Waals surface area (Å²) in [5, 5.41) is 3.44. The van der Waals surface area contributed by atoms with Crippen LogP contribution >= 0.6 is 24.0 Å². The van der Waals surface area contributed by atoms with E-state index in [9.17, 15) is 4.79 Å². The van der Waals surface area contributed by atoms with Crippen LogP contribution in [0.25, 0.3) is 0 Å². The van der Waals surface area contributed by atoms with Crippen molar-refractivity contribution in [2.75, 3.05) is 45.9 Å². The summed E-state index contributed by atoms with van der Waals surface area (Å²) in [7, 11) is 0. The van der Waals surface area contributed by atoms with Gasteiger partial charge in [-0.25, -0.2) is 0 Å². The number of carbonyl (C=O) groups excluding carboxylic acids is 1. The second-order valence-electron chi connectivity index (χ2n) is 7.89. The zero-order chi connectivity index (χ0) is 18.9. The van der Waals surface area contributed by atoms with Crippen LogP contribution in [0, 0.1) is 11.8 Å². The fraction of sp³-hybridized carbons (Fsp3) is 0.900. The van der Waals surface area contributed by atoms with Crippen molar-refractivity contribution < 1.29 is 9.53 Å². The molecular weight excluding hydrogens is 455 g/mol. The number of piperidine rings is 1. The first kappa shape index (κ1) is 24.5. The maximum absolute atomic E-state index is 11.9. The molecule has 0 aromatic rings. The normalized spacial score (nSPS) is 22.0. The number of halogens is 1. The van der Waals surface area contributed by atoms with Crippen molar-refractivity contribution in [2.24, 2.45) is 16.8 Å². The number of hydrogen-bond acceptors (Lipinski definition) is 4. The number of hydrogen-bond donors (Lipinski definition) is 1. The van der Waals surface area contributed by atoms with Gasteiger partial charge in [0.1, 0.15) is 0 Å². The smallest absolute Gasteiger partial charge is 0.309 e. The van der Waals surface area contributed by atoms with Gasteiger partial charge in [0.25, 0.3) is 0 Å². The third kappa shape index (κ3) is 7.75. The van der Waals surface area contributed by atoms with Crippen LogP contribution in [-0.4, -0.2) is 73.6 Å². The van der Waals surface area contributed by atoms with E-state index in [-0.39, 0.29) is 35.9 Å². The first-order valence-corrected chi connectivity index (χ1v) is 10.5. The molecule has 0 saturated carbocycles. The number of nitrogens with zero attached hydrogens (tertiary/aromatic N) is 3. The van der Waals surface area contributed by atoms with Gasteiger partial charge in [0, 0.05) is 32.2 Å². The lowest BCUT2D eigenvalue weighted by atomic mass is 9.97. The minimum absolute atomic E-state index is 0. The maximum atomic E-state index is 11.9. The van der Waals surface area contributed by atoms with Gasteiger partial charge in [0.05, 0.1) is 19.1 Å². The van der Waals surface area contributed by atoms with Crippen molar-refractivity contribution in [1.82, 2.24) is 15.1 Å². The summed E-state index contributed by atoms with van der Waals surface area (Å²) in [6, 6.07) is 0.572. The lowest BCUT2D eigenvalue weighted by Gasteiger charge is -2.33. The van der Waals surface area contributed by atoms with Crippen molar-refractivity contribution in [2.45, 2.75) is 59.4 Å². The molecule has 0 aliphatic carbocycles. The molecule has 7 heteroatoms. The number of carbonyl (C=O) groups is 1. The summed E-state index contributed by atoms with van der Waals surface area (Å²) in [6.45, 7) is 14.9. The van der Waals surface area contributed by atoms with Gasteiger partial charge in [-0.15, -0.1) is 24.0 Å². The molecule has 0 radical (unpaired) electrons. The van der Waals surface area contributed by atoms with Crippen molar-refractivity contribution in [3.63, 3.8) is 0 Å². The highest BCUT2D eigenvalue weighted by atomic mass is 127. The Hall–Kier alpha value is -0.570. The topological polar surface area (TPSA) is 57.2 Å². The summed E-state index contributed by atoms with van der Waals surface area (Å²) in [4.78, 5) is 21.8. The van der Waals surface area contributed by atoms with Crippen LogP contribution in [0.3, 0.4) is 0 Å². The quantitative estimate of drug-likeness (QED) is 0.255. The Morgan fingerprint density at radius 2 is 1.89 bits per heavy atom. The maximum Gasteiger partial charge on any atom is 0.309 e. The predicted molar refractivity (Wildman–Crippen MR) is 122 cm³/mol. The monoisotopic (exact) mass is 494 g/mol. The van der Waals surface area contributed by atoms with Gasteiger partial charge in [-0.05, 0) is 52.0 Å². The molecule has 6 nitrogen and oxygen atoms in total. The molecule has 1 N–H and O–H groups in total. The summed E-state index contributed by atoms with van der Waals surface area (Å²) >= 11 is 0. The highest BCUT2D eigenvalue weighted by molar-refractivity contribution is 14.0. The predicted octanol–water partition coefficient (Wildman–Crippen LogP) is 2.97. The molecule has 2 saturated heterocycles. The van der Waals surface area contributed by atoms with E-state index in [2.05, 4.69) is 35.9 Å². The van der Waals surface area contributed by atoms with E-state index in [1.165, 1.54) is 25.9 Å². The Morgan fingerprint density at radius 1 is 1.19 bits per heavy atom. The van der Waals surface area contributed by atoms with Crippen LogP contribution in [0.15, 0.2) is 4.99 Å². The molecule has 158 valence electrons. The lowest BCUT2D eigenvalue weighted by Crippen LogP contribution is -2.47. The highest BCUT2D eigenvalue weighted by Crippen LogP contribution is 2.21. The first-order valence-electron chi connectivity index (χ1n) is 10.5. The van der Waals surface area contributed by atoms with Crippen molar-refractivity contribution >= 4 is 35.9 Å². The van der Waals surface area contributed by atoms with Gasteiger partial charge in [0.2, 0.25) is 0 Å². The average Bonchev–Trinajstić information content (AvgIpc) is 3.05. The van der Waals surface area contributed by atoms with Gasteiger partial charge in [-0.1, -0.05) is 13.8 Å². The van der Waals surface area contributed by atoms with Crippen LogP contribution in [0.1, 0.15) is 53.4 Å². The van der Waals surface area contributed by atoms with E-state index in [0.29, 0.717) is 18.6 Å². The average molecular weight is 494 g/mol. The van der Waals surface area contributed by atoms with Crippen LogP contribution in [-0.2, 0) is 9.53 Å². The molecule has 2 rings (SSSR count). The zero-order valence-corrected chi connectivity index (χ0v) is 19.9. The van der Waals surface area contributed by atoms with Crippen molar-refractivity contribution in [3.8, 4) is 0 Å². The molecule has 2 aliphatic heterocycles. The SMILES string of the molecule is CCNC(=NC[C@H]1CCCN1CC(C)C)N1CCC(C(=O)OCC)CC1.I. The number of rotatable bonds is 7. The van der Waals surface area contributed by atoms with Crippen molar-refractivity contribution in [3.05, 3.63) is 0 Å². The van der Waals surface area contributed by atoms with E-state index < -0.39 is 0 Å². The Kier molecular flexibility index (Phi) is 11.6. The number of ether oxygens (including phenoxy) is 1. The molecule has 0 aromatic heterocycles. The molecule has 0 spiro atoms. The second-order valence-corrected chi connectivity index (χ2v) is 7.89. The van der Waals surface area contributed by atoms with Gasteiger partial charge in [-0.2, -0.15) is 0 Å². The number of nitrogens with one attached hydrogen (secondary N) is 1. The van der Waals surface area contributed by atoms with Gasteiger partial charge < -0.3 is 15.0 Å². The first-order chi connectivity index (χ1) is 12.5. The summed E-state index contributed by atoms with van der Waals surface area (Å²) in [6.07, 6.45) is 4.24. The van der Waals surface area contributed by atoms with E-state index in [1.807, 2.05) is 6.92 Å². The van der Waals surface area contributed by atoms with E-state index in [0.717, 1.165) is 45.0 Å². The molecule has 0 aromatic carbocycles. The van der Waals surface area contributed by atoms with E-state index in [1.54, 1.807) is 0 Å². The third-order valence-corrected chi connectivity index (χ3v) is 5.30. The Balaban J connectivity index is 0.00000364. The largest absolute Gasteiger partial charge is 0.466 e. The summed E-state index contributed by atoms with van der Waals surface area (Å²) in [5.74, 6) is 1.72. The van der Waals surface area contributed by atoms with Crippen LogP contribution < -0.4 is 5.32 Å². The Labute approximate surface area is 182 Å². The van der Waals surface area contributed by atoms with Crippen molar-refractivity contribution in [1.29, 1.82) is 0 Å². The van der Waals surface area contributed by atoms with Gasteiger partial charge in [-0.3, -0.25) is 14.7 Å². The lowest BCUT2D eigenvalue weighted by molar-refractivity contribution is -0.149. The minimum atomic E-state index is -0.0376. The minimum Gasteiger partial charge on any atom is -0.466 e. The van der Waals surface area contributed by atoms with Gasteiger partial charge in [0.15, 0.2) is 5.96 Å². The van der Waals surface area contributed by atoms with E-state index >= 15 is 0 Å². The number of esters is 1. The molecule has 0 unspecified atom stereocenters. The standard InChI is InChI=1S/C20H38N4O2.HI/c1-5-21-20(22-14-18-8-7-11-24(18)15-16(3)4)23-12-9-17(10-13-23)19(25)26-6-2;/h16-18H,5-15H2,1-4H3,(H,21,22);1H/t18-;/m1./s1. The molecule has 2 heterocycles. The van der Waals surface area contributed by atoms with Crippen LogP contribution in [0.2, 0.25) is 0 Å². The zero-order valence-electron chi connectivity index (χ0n) is 17.6. The second kappa shape index (κ2) is 12.8. The number of likely N-dealkylation sites (tertiary alicyclic amines) is 2. The fourth-order valence-corrected chi connectivity index (χ4v) is 4.02. The van der Waals surface area contributed by atoms with Gasteiger partial charge >= 0.3 is 5.97 Å². The molecule has 0 bridgehead atoms. The Morgan fingerprint density at radius 3 is 2.48 bits per heavy atom. The van der Waals surface area contributed by atoms with E-state index in [4.69, 9.17) is 9.73 Å². The molecule has 1 atom stereocenters. The third-order valence-electron chi connectivity index (χ3n) is 5.30. The molecule has 2 aliphatic rings. The van der Waals surface area contributed by atoms with Crippen LogP contribution in [0.4, 0.5) is 0 Å². The molecule has 0 amide bonds. The van der Waals surface area contributed by atoms with Crippen LogP contribution in [0.5, 0.6) is 0 Å². The molecule has 2 fully saturated rings. The highest BCUT2D eigenvalue weighted by Gasteiger charge is 2.28. The fourth-order valence-electron chi connectivity index (χ4n) is 4.02. The Bertz CT molecular complexity index is 465. The molecular formula is C20H39IN4O2. The molecule has 27 heavy (non-hydrogen) atoms.